The second-order valence-electron chi connectivity index (χ2n) is 8.34. The third-order valence-electron chi connectivity index (χ3n) is 6.46. The number of nitrogens with zero attached hydrogens (tertiary/aromatic N) is 1. The fourth-order valence-electron chi connectivity index (χ4n) is 5.09. The minimum atomic E-state index is -0.811. The minimum Gasteiger partial charge on any atom is -0.478 e. The Hall–Kier alpha value is -1.39. The summed E-state index contributed by atoms with van der Waals surface area (Å²) in [5.74, 6) is 2.64. The number of aliphatic carboxylic acids is 1. The van der Waals surface area contributed by atoms with Crippen molar-refractivity contribution in [1.82, 2.24) is 4.90 Å². The zero-order valence-electron chi connectivity index (χ0n) is 16.1. The van der Waals surface area contributed by atoms with E-state index in [0.29, 0.717) is 5.57 Å². The van der Waals surface area contributed by atoms with Crippen LogP contribution < -0.4 is 0 Å². The van der Waals surface area contributed by atoms with Crippen molar-refractivity contribution in [2.45, 2.75) is 38.5 Å². The van der Waals surface area contributed by atoms with Gasteiger partial charge in [0.25, 0.3) is 0 Å². The molecule has 3 nitrogen and oxygen atoms in total. The van der Waals surface area contributed by atoms with E-state index < -0.39 is 5.97 Å². The van der Waals surface area contributed by atoms with E-state index >= 15 is 0 Å². The highest BCUT2D eigenvalue weighted by Crippen LogP contribution is 2.49. The maximum absolute atomic E-state index is 11.8. The number of carbonyl (C=O) groups is 1. The highest BCUT2D eigenvalue weighted by atomic mass is 35.5. The predicted molar refractivity (Wildman–Crippen MR) is 117 cm³/mol. The molecule has 1 aromatic rings. The minimum absolute atomic E-state index is 0.464. The van der Waals surface area contributed by atoms with E-state index in [-0.39, 0.29) is 0 Å². The molecule has 0 radical (unpaired) electrons. The normalized spacial score (nSPS) is 26.3. The number of carboxylic acid groups (broad SMARTS) is 1. The highest BCUT2D eigenvalue weighted by molar-refractivity contribution is 8.03. The Morgan fingerprint density at radius 2 is 2.04 bits per heavy atom. The van der Waals surface area contributed by atoms with Crippen LogP contribution >= 0.6 is 23.4 Å². The number of rotatable bonds is 8. The van der Waals surface area contributed by atoms with Gasteiger partial charge in [0.1, 0.15) is 0 Å². The SMILES string of the molecule is O=C(O)C1=C(SCCCc2ccc(Cl)cc2)N(CC2CC3CCC2C3)CC=C1. The zero-order valence-corrected chi connectivity index (χ0v) is 17.7. The van der Waals surface area contributed by atoms with Gasteiger partial charge < -0.3 is 10.0 Å². The quantitative estimate of drug-likeness (QED) is 0.558. The first-order valence-corrected chi connectivity index (χ1v) is 11.7. The third kappa shape index (κ3) is 4.60. The van der Waals surface area contributed by atoms with E-state index in [0.717, 1.165) is 59.5 Å². The van der Waals surface area contributed by atoms with Gasteiger partial charge in [-0.25, -0.2) is 4.79 Å². The van der Waals surface area contributed by atoms with Crippen LogP contribution in [0.15, 0.2) is 47.0 Å². The van der Waals surface area contributed by atoms with Crippen molar-refractivity contribution in [2.24, 2.45) is 17.8 Å². The maximum Gasteiger partial charge on any atom is 0.338 e. The summed E-state index contributed by atoms with van der Waals surface area (Å²) in [6, 6.07) is 8.00. The molecule has 28 heavy (non-hydrogen) atoms. The van der Waals surface area contributed by atoms with Crippen molar-refractivity contribution in [3.63, 3.8) is 0 Å². The summed E-state index contributed by atoms with van der Waals surface area (Å²) in [6.07, 6.45) is 11.3. The van der Waals surface area contributed by atoms with Gasteiger partial charge in [-0.05, 0) is 79.4 Å². The van der Waals surface area contributed by atoms with Gasteiger partial charge in [-0.2, -0.15) is 0 Å². The van der Waals surface area contributed by atoms with Gasteiger partial charge in [0.05, 0.1) is 10.6 Å². The Balaban J connectivity index is 1.37. The molecule has 5 heteroatoms. The summed E-state index contributed by atoms with van der Waals surface area (Å²) < 4.78 is 0. The van der Waals surface area contributed by atoms with Crippen molar-refractivity contribution >= 4 is 29.3 Å². The van der Waals surface area contributed by atoms with Gasteiger partial charge in [0, 0.05) is 18.1 Å². The average molecular weight is 418 g/mol. The van der Waals surface area contributed by atoms with Gasteiger partial charge >= 0.3 is 5.97 Å². The van der Waals surface area contributed by atoms with E-state index in [1.54, 1.807) is 17.8 Å². The van der Waals surface area contributed by atoms with Crippen LogP contribution in [0.25, 0.3) is 0 Å². The molecule has 0 spiro atoms. The van der Waals surface area contributed by atoms with Crippen molar-refractivity contribution < 1.29 is 9.90 Å². The molecule has 2 saturated carbocycles. The smallest absolute Gasteiger partial charge is 0.338 e. The first kappa shape index (κ1) is 19.9. The number of benzene rings is 1. The largest absolute Gasteiger partial charge is 0.478 e. The van der Waals surface area contributed by atoms with Crippen molar-refractivity contribution in [3.8, 4) is 0 Å². The van der Waals surface area contributed by atoms with E-state index in [1.807, 2.05) is 18.2 Å². The lowest BCUT2D eigenvalue weighted by atomic mass is 9.88. The topological polar surface area (TPSA) is 40.5 Å². The second kappa shape index (κ2) is 8.96. The van der Waals surface area contributed by atoms with Crippen LogP contribution in [-0.4, -0.2) is 34.8 Å². The summed E-state index contributed by atoms with van der Waals surface area (Å²) in [4.78, 5) is 14.1. The number of thioether (sulfide) groups is 1. The number of carboxylic acids is 1. The summed E-state index contributed by atoms with van der Waals surface area (Å²) in [5, 5.41) is 11.4. The molecule has 1 aliphatic heterocycles. The van der Waals surface area contributed by atoms with E-state index in [9.17, 15) is 9.90 Å². The van der Waals surface area contributed by atoms with Crippen molar-refractivity contribution in [1.29, 1.82) is 0 Å². The lowest BCUT2D eigenvalue weighted by Gasteiger charge is -2.34. The number of fused-ring (bicyclic) bond motifs is 2. The molecule has 3 atom stereocenters. The molecule has 1 heterocycles. The van der Waals surface area contributed by atoms with E-state index in [4.69, 9.17) is 11.6 Å². The number of hydrogen-bond donors (Lipinski definition) is 1. The zero-order chi connectivity index (χ0) is 19.5. The van der Waals surface area contributed by atoms with E-state index in [1.165, 1.54) is 31.2 Å². The highest BCUT2D eigenvalue weighted by Gasteiger charge is 2.40. The van der Waals surface area contributed by atoms with Crippen LogP contribution in [0.5, 0.6) is 0 Å². The molecule has 1 N–H and O–H groups in total. The molecular formula is C23H28ClNO2S. The summed E-state index contributed by atoms with van der Waals surface area (Å²) in [5.41, 5.74) is 1.74. The van der Waals surface area contributed by atoms with Gasteiger partial charge in [-0.15, -0.1) is 11.8 Å². The standard InChI is InChI=1S/C23H28ClNO2S/c24-20-9-6-16(7-10-20)3-2-12-28-22-21(23(26)27)4-1-11-25(22)15-19-14-17-5-8-18(19)13-17/h1,4,6-7,9-10,17-19H,2-3,5,8,11-15H2,(H,26,27). The number of hydrogen-bond acceptors (Lipinski definition) is 3. The molecule has 2 aliphatic carbocycles. The van der Waals surface area contributed by atoms with Crippen LogP contribution in [-0.2, 0) is 11.2 Å². The third-order valence-corrected chi connectivity index (χ3v) is 7.96. The molecule has 4 rings (SSSR count). The van der Waals surface area contributed by atoms with Crippen LogP contribution in [0, 0.1) is 17.8 Å². The fraction of sp³-hybridized carbons (Fsp3) is 0.522. The lowest BCUT2D eigenvalue weighted by Crippen LogP contribution is -2.33. The van der Waals surface area contributed by atoms with Crippen molar-refractivity contribution in [3.05, 3.63) is 57.6 Å². The Bertz CT molecular complexity index is 773. The van der Waals surface area contributed by atoms with Crippen LogP contribution in [0.1, 0.15) is 37.7 Å². The van der Waals surface area contributed by atoms with Gasteiger partial charge in [-0.3, -0.25) is 0 Å². The van der Waals surface area contributed by atoms with Crippen LogP contribution in [0.2, 0.25) is 5.02 Å². The molecule has 3 aliphatic rings. The Labute approximate surface area is 176 Å². The summed E-state index contributed by atoms with van der Waals surface area (Å²) >= 11 is 7.67. The molecule has 1 aromatic carbocycles. The van der Waals surface area contributed by atoms with Crippen LogP contribution in [0.4, 0.5) is 0 Å². The Morgan fingerprint density at radius 1 is 1.21 bits per heavy atom. The van der Waals surface area contributed by atoms with Crippen LogP contribution in [0.3, 0.4) is 0 Å². The van der Waals surface area contributed by atoms with Crippen molar-refractivity contribution in [2.75, 3.05) is 18.8 Å². The Morgan fingerprint density at radius 3 is 2.71 bits per heavy atom. The Kier molecular flexibility index (Phi) is 6.37. The summed E-state index contributed by atoms with van der Waals surface area (Å²) in [7, 11) is 0. The first-order chi connectivity index (χ1) is 13.6. The molecule has 0 saturated heterocycles. The number of aryl methyl sites for hydroxylation is 1. The molecule has 3 unspecified atom stereocenters. The monoisotopic (exact) mass is 417 g/mol. The molecule has 0 amide bonds. The van der Waals surface area contributed by atoms with E-state index in [2.05, 4.69) is 17.0 Å². The first-order valence-electron chi connectivity index (χ1n) is 10.4. The average Bonchev–Trinajstić information content (AvgIpc) is 3.30. The predicted octanol–water partition coefficient (Wildman–Crippen LogP) is 5.61. The number of halogens is 1. The second-order valence-corrected chi connectivity index (χ2v) is 9.86. The molecule has 2 fully saturated rings. The fourth-order valence-corrected chi connectivity index (χ4v) is 6.34. The maximum atomic E-state index is 11.8. The lowest BCUT2D eigenvalue weighted by molar-refractivity contribution is -0.132. The molecular weight excluding hydrogens is 390 g/mol. The van der Waals surface area contributed by atoms with Gasteiger partial charge in [0.15, 0.2) is 0 Å². The van der Waals surface area contributed by atoms with Gasteiger partial charge in [0.2, 0.25) is 0 Å². The molecule has 2 bridgehead atoms. The summed E-state index contributed by atoms with van der Waals surface area (Å²) in [6.45, 7) is 1.85. The molecule has 150 valence electrons. The molecule has 0 aromatic heterocycles. The van der Waals surface area contributed by atoms with Gasteiger partial charge in [-0.1, -0.05) is 36.2 Å².